The van der Waals surface area contributed by atoms with Crippen LogP contribution in [0.15, 0.2) is 18.5 Å². The van der Waals surface area contributed by atoms with Crippen LogP contribution < -0.4 is 9.64 Å². The van der Waals surface area contributed by atoms with Crippen molar-refractivity contribution in [3.05, 3.63) is 35.4 Å². The first-order valence-corrected chi connectivity index (χ1v) is 14.7. The number of benzene rings is 1. The number of aromatic amines is 1. The number of aliphatic hydroxyl groups is 1. The number of H-pyrrole nitrogens is 1. The number of fused-ring (bicyclic) bond motifs is 2. The lowest BCUT2D eigenvalue weighted by Gasteiger charge is -2.37. The van der Waals surface area contributed by atoms with E-state index >= 15 is 4.39 Å². The number of nitrogens with one attached hydrogen (secondary N) is 1. The number of nitrogens with zero attached hydrogens (tertiary/aromatic N) is 6. The van der Waals surface area contributed by atoms with Crippen LogP contribution in [0.5, 0.6) is 6.01 Å². The topological polar surface area (TPSA) is 103 Å². The van der Waals surface area contributed by atoms with Crippen LogP contribution in [-0.4, -0.2) is 81.1 Å². The molecule has 0 bridgehead atoms. The normalized spacial score (nSPS) is 22.2. The predicted molar refractivity (Wildman–Crippen MR) is 157 cm³/mol. The van der Waals surface area contributed by atoms with E-state index < -0.39 is 11.4 Å². The number of halogens is 1. The van der Waals surface area contributed by atoms with Crippen molar-refractivity contribution in [3.8, 4) is 17.3 Å². The Morgan fingerprint density at radius 1 is 1.17 bits per heavy atom. The number of ether oxygens (including phenoxy) is 1. The average molecular weight is 560 g/mol. The van der Waals surface area contributed by atoms with Crippen LogP contribution in [0.1, 0.15) is 62.5 Å². The third kappa shape index (κ3) is 4.91. The standard InChI is InChI=1S/C31H38FN7O2/c1-18-12-22-20(14-34-37-22)24(23(18)19-6-7-19)27-25(32)26-21(13-33-27)28(39-11-5-8-30(2,40)15-39)36-29(35-26)41-17-31(9-10-31)16-38(3)4/h12-14,19,40H,5-11,15-17H2,1-4H3,(H,34,37)/t30-/m1/s1. The molecular weight excluding hydrogens is 521 g/mol. The molecule has 3 aromatic heterocycles. The summed E-state index contributed by atoms with van der Waals surface area (Å²) in [5.74, 6) is 0.466. The first-order chi connectivity index (χ1) is 19.6. The van der Waals surface area contributed by atoms with E-state index in [1.807, 2.05) is 11.8 Å². The van der Waals surface area contributed by atoms with Crippen molar-refractivity contribution in [2.75, 3.05) is 45.2 Å². The average Bonchev–Trinajstić information content (AvgIpc) is 3.85. The molecule has 0 amide bonds. The zero-order valence-electron chi connectivity index (χ0n) is 24.3. The van der Waals surface area contributed by atoms with Gasteiger partial charge in [-0.3, -0.25) is 10.1 Å². The first kappa shape index (κ1) is 26.5. The zero-order chi connectivity index (χ0) is 28.5. The van der Waals surface area contributed by atoms with E-state index in [1.54, 1.807) is 12.4 Å². The van der Waals surface area contributed by atoms with Gasteiger partial charge in [0.1, 0.15) is 17.0 Å². The second-order valence-corrected chi connectivity index (χ2v) is 13.1. The molecule has 216 valence electrons. The van der Waals surface area contributed by atoms with Gasteiger partial charge in [0.2, 0.25) is 0 Å². The molecule has 41 heavy (non-hydrogen) atoms. The molecule has 0 spiro atoms. The number of piperidine rings is 1. The lowest BCUT2D eigenvalue weighted by atomic mass is 9.92. The fraction of sp³-hybridized carbons (Fsp3) is 0.548. The molecule has 0 radical (unpaired) electrons. The van der Waals surface area contributed by atoms with E-state index in [-0.39, 0.29) is 22.6 Å². The summed E-state index contributed by atoms with van der Waals surface area (Å²) in [7, 11) is 4.13. The smallest absolute Gasteiger partial charge is 0.319 e. The molecule has 1 aliphatic heterocycles. The van der Waals surface area contributed by atoms with Gasteiger partial charge in [-0.25, -0.2) is 4.39 Å². The van der Waals surface area contributed by atoms with Crippen LogP contribution in [0.4, 0.5) is 10.2 Å². The van der Waals surface area contributed by atoms with Gasteiger partial charge in [-0.1, -0.05) is 0 Å². The number of rotatable bonds is 8. The highest BCUT2D eigenvalue weighted by molar-refractivity contribution is 5.99. The van der Waals surface area contributed by atoms with Crippen LogP contribution in [0.2, 0.25) is 0 Å². The highest BCUT2D eigenvalue weighted by atomic mass is 19.1. The van der Waals surface area contributed by atoms with Gasteiger partial charge in [0, 0.05) is 42.2 Å². The minimum absolute atomic E-state index is 0.0757. The second kappa shape index (κ2) is 9.59. The Balaban J connectivity index is 1.38. The fourth-order valence-electron chi connectivity index (χ4n) is 6.71. The molecule has 10 heteroatoms. The van der Waals surface area contributed by atoms with Gasteiger partial charge < -0.3 is 19.6 Å². The molecule has 3 aliphatic rings. The van der Waals surface area contributed by atoms with Crippen molar-refractivity contribution in [2.24, 2.45) is 5.41 Å². The molecule has 0 unspecified atom stereocenters. The number of aryl methyl sites for hydroxylation is 1. The molecule has 2 N–H and O–H groups in total. The third-order valence-corrected chi connectivity index (χ3v) is 8.95. The van der Waals surface area contributed by atoms with Crippen molar-refractivity contribution in [1.82, 2.24) is 30.0 Å². The fourth-order valence-corrected chi connectivity index (χ4v) is 6.71. The maximum absolute atomic E-state index is 16.8. The Labute approximate surface area is 239 Å². The Morgan fingerprint density at radius 3 is 2.68 bits per heavy atom. The number of pyridine rings is 1. The van der Waals surface area contributed by atoms with E-state index in [2.05, 4.69) is 47.2 Å². The van der Waals surface area contributed by atoms with E-state index in [9.17, 15) is 5.11 Å². The van der Waals surface area contributed by atoms with Gasteiger partial charge in [-0.2, -0.15) is 15.1 Å². The summed E-state index contributed by atoms with van der Waals surface area (Å²) in [6.07, 6.45) is 9.30. The first-order valence-electron chi connectivity index (χ1n) is 14.7. The van der Waals surface area contributed by atoms with Crippen molar-refractivity contribution < 1.29 is 14.2 Å². The molecule has 2 aliphatic carbocycles. The van der Waals surface area contributed by atoms with E-state index in [0.717, 1.165) is 66.2 Å². The van der Waals surface area contributed by atoms with Gasteiger partial charge in [-0.15, -0.1) is 0 Å². The van der Waals surface area contributed by atoms with Gasteiger partial charge in [0.15, 0.2) is 5.82 Å². The molecule has 2 saturated carbocycles. The number of hydrogen-bond donors (Lipinski definition) is 2. The Bertz CT molecular complexity index is 1640. The van der Waals surface area contributed by atoms with Gasteiger partial charge in [0.05, 0.1) is 29.3 Å². The predicted octanol–water partition coefficient (Wildman–Crippen LogP) is 4.96. The summed E-state index contributed by atoms with van der Waals surface area (Å²) in [5.41, 5.74) is 3.59. The van der Waals surface area contributed by atoms with Gasteiger partial charge in [-0.05, 0) is 89.6 Å². The highest BCUT2D eigenvalue weighted by Crippen LogP contribution is 2.49. The highest BCUT2D eigenvalue weighted by Gasteiger charge is 2.44. The van der Waals surface area contributed by atoms with E-state index in [1.165, 1.54) is 0 Å². The Kier molecular flexibility index (Phi) is 6.20. The van der Waals surface area contributed by atoms with E-state index in [0.29, 0.717) is 43.2 Å². The number of hydrogen-bond acceptors (Lipinski definition) is 8. The monoisotopic (exact) mass is 559 g/mol. The molecule has 3 fully saturated rings. The maximum Gasteiger partial charge on any atom is 0.319 e. The summed E-state index contributed by atoms with van der Waals surface area (Å²) in [6.45, 7) is 6.41. The third-order valence-electron chi connectivity index (χ3n) is 8.95. The van der Waals surface area contributed by atoms with Crippen LogP contribution in [0.25, 0.3) is 33.1 Å². The summed E-state index contributed by atoms with van der Waals surface area (Å²) in [4.78, 5) is 18.4. The molecule has 1 atom stereocenters. The number of anilines is 1. The summed E-state index contributed by atoms with van der Waals surface area (Å²) >= 11 is 0. The molecule has 9 nitrogen and oxygen atoms in total. The molecule has 7 rings (SSSR count). The van der Waals surface area contributed by atoms with Crippen LogP contribution in [0.3, 0.4) is 0 Å². The molecular formula is C31H38FN7O2. The van der Waals surface area contributed by atoms with Crippen molar-refractivity contribution in [3.63, 3.8) is 0 Å². The quantitative estimate of drug-likeness (QED) is 0.312. The van der Waals surface area contributed by atoms with Crippen molar-refractivity contribution in [2.45, 2.75) is 63.9 Å². The van der Waals surface area contributed by atoms with E-state index in [4.69, 9.17) is 14.7 Å². The lowest BCUT2D eigenvalue weighted by Crippen LogP contribution is -2.46. The molecule has 1 saturated heterocycles. The SMILES string of the molecule is Cc1cc2[nH]ncc2c(-c2ncc3c(N4CCC[C@@](C)(O)C4)nc(OCC4(CN(C)C)CC4)nc3c2F)c1C1CC1. The van der Waals surface area contributed by atoms with Gasteiger partial charge >= 0.3 is 6.01 Å². The molecule has 4 aromatic rings. The molecule has 4 heterocycles. The minimum Gasteiger partial charge on any atom is -0.463 e. The largest absolute Gasteiger partial charge is 0.463 e. The number of β-amino-alcohol motifs (C(OH)–C–C–N with tert-alkyl or cyclic N) is 1. The van der Waals surface area contributed by atoms with Crippen molar-refractivity contribution >= 4 is 27.6 Å². The Hall–Kier alpha value is -3.37. The molecule has 1 aromatic carbocycles. The summed E-state index contributed by atoms with van der Waals surface area (Å²) in [5, 5.41) is 19.6. The Morgan fingerprint density at radius 2 is 1.98 bits per heavy atom. The lowest BCUT2D eigenvalue weighted by molar-refractivity contribution is 0.0447. The zero-order valence-corrected chi connectivity index (χ0v) is 24.3. The number of aromatic nitrogens is 5. The van der Waals surface area contributed by atoms with Crippen molar-refractivity contribution in [1.29, 1.82) is 0 Å². The van der Waals surface area contributed by atoms with Crippen LogP contribution in [0, 0.1) is 18.2 Å². The summed E-state index contributed by atoms with van der Waals surface area (Å²) < 4.78 is 23.0. The second-order valence-electron chi connectivity index (χ2n) is 13.1. The van der Waals surface area contributed by atoms with Crippen LogP contribution in [-0.2, 0) is 0 Å². The summed E-state index contributed by atoms with van der Waals surface area (Å²) in [6, 6.07) is 2.26. The van der Waals surface area contributed by atoms with Gasteiger partial charge in [0.25, 0.3) is 0 Å². The van der Waals surface area contributed by atoms with Crippen LogP contribution >= 0.6 is 0 Å². The minimum atomic E-state index is -0.861. The maximum atomic E-state index is 16.8.